The van der Waals surface area contributed by atoms with Gasteiger partial charge in [0.25, 0.3) is 0 Å². The lowest BCUT2D eigenvalue weighted by molar-refractivity contribution is -0.143. The van der Waals surface area contributed by atoms with Gasteiger partial charge in [0.15, 0.2) is 0 Å². The molecule has 0 aliphatic carbocycles. The molecule has 0 bridgehead atoms. The average molecular weight is 633 g/mol. The molecule has 1 aliphatic heterocycles. The summed E-state index contributed by atoms with van der Waals surface area (Å²) >= 11 is 0. The number of fused-ring (bicyclic) bond motifs is 1. The van der Waals surface area contributed by atoms with Gasteiger partial charge in [0.05, 0.1) is 30.6 Å². The van der Waals surface area contributed by atoms with Crippen LogP contribution in [-0.2, 0) is 36.8 Å². The first-order valence-electron chi connectivity index (χ1n) is 16.7. The van der Waals surface area contributed by atoms with Crippen LogP contribution in [0.1, 0.15) is 64.5 Å². The minimum absolute atomic E-state index is 0.0247. The van der Waals surface area contributed by atoms with E-state index in [9.17, 15) is 14.4 Å². The second-order valence-electron chi connectivity index (χ2n) is 12.8. The Kier molecular flexibility index (Phi) is 12.8. The van der Waals surface area contributed by atoms with Crippen LogP contribution >= 0.6 is 0 Å². The maximum atomic E-state index is 13.9. The normalized spacial score (nSPS) is 18.8. The van der Waals surface area contributed by atoms with Crippen molar-refractivity contribution in [3.63, 3.8) is 0 Å². The molecule has 3 aromatic rings. The Morgan fingerprint density at radius 2 is 1.70 bits per heavy atom. The number of ether oxygens (including phenoxy) is 2. The molecule has 250 valence electrons. The first kappa shape index (κ1) is 35.2. The average Bonchev–Trinajstić information content (AvgIpc) is 3.73. The molecule has 1 saturated heterocycles. The molecule has 3 N–H and O–H groups in total. The molecule has 4 rings (SSSR count). The third kappa shape index (κ3) is 8.56. The van der Waals surface area contributed by atoms with Crippen LogP contribution in [0, 0.1) is 17.8 Å². The Morgan fingerprint density at radius 3 is 2.39 bits per heavy atom. The van der Waals surface area contributed by atoms with Crippen molar-refractivity contribution >= 4 is 28.6 Å². The van der Waals surface area contributed by atoms with Crippen LogP contribution < -0.4 is 10.6 Å². The van der Waals surface area contributed by atoms with Crippen LogP contribution in [0.2, 0.25) is 0 Å². The summed E-state index contributed by atoms with van der Waals surface area (Å²) in [6.45, 7) is 9.28. The van der Waals surface area contributed by atoms with Gasteiger partial charge in [-0.2, -0.15) is 0 Å². The molecule has 6 unspecified atom stereocenters. The standard InChI is InChI=1S/C37H52N4O5/c1-7-24(2)25(3)33(45-5)21-34(42)41-19-13-18-32(41)35(46-6)26(4)36(43)40-31(37(44)39-22-27-14-9-8-10-15-27)20-28-23-38-30-17-12-11-16-29(28)30/h8-12,14-17,23-26,31-33,35,38H,7,13,18-22H2,1-6H3,(H,39,44)(H,40,43)/t24?,25?,26?,31-,32?,33?,35?/m0/s1. The first-order valence-corrected chi connectivity index (χ1v) is 16.7. The second kappa shape index (κ2) is 16.7. The molecule has 1 aliphatic rings. The van der Waals surface area contributed by atoms with Gasteiger partial charge in [-0.25, -0.2) is 0 Å². The highest BCUT2D eigenvalue weighted by atomic mass is 16.5. The summed E-state index contributed by atoms with van der Waals surface area (Å²) in [6, 6.07) is 16.6. The summed E-state index contributed by atoms with van der Waals surface area (Å²) in [5, 5.41) is 7.07. The zero-order valence-corrected chi connectivity index (χ0v) is 28.3. The van der Waals surface area contributed by atoms with Crippen LogP contribution in [0.5, 0.6) is 0 Å². The molecule has 46 heavy (non-hydrogen) atoms. The summed E-state index contributed by atoms with van der Waals surface area (Å²) in [5.74, 6) is -0.451. The fourth-order valence-electron chi connectivity index (χ4n) is 6.74. The summed E-state index contributed by atoms with van der Waals surface area (Å²) in [4.78, 5) is 46.2. The Balaban J connectivity index is 1.48. The predicted molar refractivity (Wildman–Crippen MR) is 181 cm³/mol. The van der Waals surface area contributed by atoms with Crippen molar-refractivity contribution in [1.82, 2.24) is 20.5 Å². The summed E-state index contributed by atoms with van der Waals surface area (Å²) < 4.78 is 11.7. The highest BCUT2D eigenvalue weighted by molar-refractivity contribution is 5.90. The van der Waals surface area contributed by atoms with Crippen molar-refractivity contribution < 1.29 is 23.9 Å². The topological polar surface area (TPSA) is 113 Å². The van der Waals surface area contributed by atoms with Crippen molar-refractivity contribution in [3.8, 4) is 0 Å². The van der Waals surface area contributed by atoms with Gasteiger partial charge in [-0.05, 0) is 41.9 Å². The fourth-order valence-corrected chi connectivity index (χ4v) is 6.74. The number of methoxy groups -OCH3 is 2. The maximum Gasteiger partial charge on any atom is 0.243 e. The van der Waals surface area contributed by atoms with E-state index in [0.717, 1.165) is 41.3 Å². The number of carbonyl (C=O) groups excluding carboxylic acids is 3. The van der Waals surface area contributed by atoms with Gasteiger partial charge in [0, 0.05) is 50.8 Å². The largest absolute Gasteiger partial charge is 0.381 e. The van der Waals surface area contributed by atoms with Crippen molar-refractivity contribution in [3.05, 3.63) is 71.9 Å². The van der Waals surface area contributed by atoms with Crippen LogP contribution in [0.15, 0.2) is 60.8 Å². The molecular formula is C37H52N4O5. The van der Waals surface area contributed by atoms with E-state index in [0.29, 0.717) is 31.8 Å². The molecule has 2 heterocycles. The SMILES string of the molecule is CCC(C)C(C)C(CC(=O)N1CCCC1C(OC)C(C)C(=O)N[C@@H](Cc1c[nH]c2ccccc12)C(=O)NCc1ccccc1)OC. The predicted octanol–water partition coefficient (Wildman–Crippen LogP) is 5.24. The monoisotopic (exact) mass is 632 g/mol. The quantitative estimate of drug-likeness (QED) is 0.200. The lowest BCUT2D eigenvalue weighted by Crippen LogP contribution is -2.54. The lowest BCUT2D eigenvalue weighted by Gasteiger charge is -2.35. The van der Waals surface area contributed by atoms with Crippen molar-refractivity contribution in [2.45, 2.75) is 90.6 Å². The van der Waals surface area contributed by atoms with Gasteiger partial charge in [0.2, 0.25) is 17.7 Å². The highest BCUT2D eigenvalue weighted by Crippen LogP contribution is 2.30. The number of likely N-dealkylation sites (tertiary alicyclic amines) is 1. The van der Waals surface area contributed by atoms with Crippen LogP contribution in [0.4, 0.5) is 0 Å². The molecular weight excluding hydrogens is 580 g/mol. The number of hydrogen-bond donors (Lipinski definition) is 3. The van der Waals surface area contributed by atoms with Gasteiger partial charge >= 0.3 is 0 Å². The fraction of sp³-hybridized carbons (Fsp3) is 0.541. The first-order chi connectivity index (χ1) is 22.2. The number of carbonyl (C=O) groups is 3. The van der Waals surface area contributed by atoms with Crippen LogP contribution in [0.3, 0.4) is 0 Å². The van der Waals surface area contributed by atoms with Gasteiger partial charge in [-0.1, -0.05) is 82.6 Å². The van der Waals surface area contributed by atoms with Crippen LogP contribution in [0.25, 0.3) is 10.9 Å². The van der Waals surface area contributed by atoms with Gasteiger partial charge in [0.1, 0.15) is 6.04 Å². The number of hydrogen-bond acceptors (Lipinski definition) is 5. The lowest BCUT2D eigenvalue weighted by atomic mass is 9.87. The van der Waals surface area contributed by atoms with E-state index in [2.05, 4.69) is 36.4 Å². The van der Waals surface area contributed by atoms with Gasteiger partial charge in [-0.15, -0.1) is 0 Å². The minimum atomic E-state index is -0.804. The molecule has 0 saturated carbocycles. The smallest absolute Gasteiger partial charge is 0.243 e. The van der Waals surface area contributed by atoms with E-state index in [1.54, 1.807) is 14.2 Å². The number of aromatic amines is 1. The van der Waals surface area contributed by atoms with E-state index in [4.69, 9.17) is 9.47 Å². The van der Waals surface area contributed by atoms with E-state index < -0.39 is 18.1 Å². The van der Waals surface area contributed by atoms with Gasteiger partial charge in [-0.3, -0.25) is 14.4 Å². The third-order valence-corrected chi connectivity index (χ3v) is 10.0. The zero-order chi connectivity index (χ0) is 33.2. The Labute approximate surface area is 273 Å². The highest BCUT2D eigenvalue weighted by Gasteiger charge is 2.41. The number of H-pyrrole nitrogens is 1. The maximum absolute atomic E-state index is 13.9. The number of rotatable bonds is 16. The second-order valence-corrected chi connectivity index (χ2v) is 12.8. The molecule has 1 aromatic heterocycles. The van der Waals surface area contributed by atoms with Gasteiger partial charge < -0.3 is 30.0 Å². The molecule has 0 spiro atoms. The number of nitrogens with one attached hydrogen (secondary N) is 3. The Morgan fingerprint density at radius 1 is 0.978 bits per heavy atom. The molecule has 2 aromatic carbocycles. The minimum Gasteiger partial charge on any atom is -0.381 e. The number of para-hydroxylation sites is 1. The Hall–Kier alpha value is -3.69. The molecule has 1 fully saturated rings. The molecule has 3 amide bonds. The zero-order valence-electron chi connectivity index (χ0n) is 28.3. The molecule has 9 nitrogen and oxygen atoms in total. The van der Waals surface area contributed by atoms with Crippen molar-refractivity contribution in [1.29, 1.82) is 0 Å². The molecule has 9 heteroatoms. The van der Waals surface area contributed by atoms with E-state index in [1.165, 1.54) is 0 Å². The van der Waals surface area contributed by atoms with E-state index >= 15 is 0 Å². The van der Waals surface area contributed by atoms with Crippen molar-refractivity contribution in [2.75, 3.05) is 20.8 Å². The summed E-state index contributed by atoms with van der Waals surface area (Å²) in [5.41, 5.74) is 2.89. The summed E-state index contributed by atoms with van der Waals surface area (Å²) in [7, 11) is 3.26. The Bertz CT molecular complexity index is 1430. The number of benzene rings is 2. The summed E-state index contributed by atoms with van der Waals surface area (Å²) in [6.07, 6.45) is 4.42. The third-order valence-electron chi connectivity index (χ3n) is 10.0. The number of amides is 3. The van der Waals surface area contributed by atoms with E-state index in [1.807, 2.05) is 72.6 Å². The van der Waals surface area contributed by atoms with Crippen molar-refractivity contribution in [2.24, 2.45) is 17.8 Å². The molecule has 0 radical (unpaired) electrons. The number of aromatic nitrogens is 1. The number of nitrogens with zero attached hydrogens (tertiary/aromatic N) is 1. The van der Waals surface area contributed by atoms with E-state index in [-0.39, 0.29) is 35.8 Å². The van der Waals surface area contributed by atoms with Crippen LogP contribution in [-0.4, -0.2) is 72.7 Å². The molecule has 7 atom stereocenters.